The van der Waals surface area contributed by atoms with Crippen LogP contribution < -0.4 is 10.1 Å². The molecule has 106 valence electrons. The van der Waals surface area contributed by atoms with E-state index in [9.17, 15) is 0 Å². The molecule has 0 bridgehead atoms. The van der Waals surface area contributed by atoms with Crippen LogP contribution in [-0.2, 0) is 0 Å². The van der Waals surface area contributed by atoms with Crippen molar-refractivity contribution < 1.29 is 4.74 Å². The number of aryl methyl sites for hydroxylation is 1. The van der Waals surface area contributed by atoms with E-state index in [-0.39, 0.29) is 0 Å². The highest BCUT2D eigenvalue weighted by molar-refractivity contribution is 6.30. The van der Waals surface area contributed by atoms with Crippen LogP contribution in [0.25, 0.3) is 0 Å². The van der Waals surface area contributed by atoms with Gasteiger partial charge >= 0.3 is 0 Å². The third kappa shape index (κ3) is 5.04. The highest BCUT2D eigenvalue weighted by Gasteiger charge is 2.11. The lowest BCUT2D eigenvalue weighted by Crippen LogP contribution is -2.32. The molecule has 1 aliphatic rings. The molecule has 0 atom stereocenters. The van der Waals surface area contributed by atoms with Crippen molar-refractivity contribution in [3.05, 3.63) is 28.8 Å². The van der Waals surface area contributed by atoms with Crippen LogP contribution in [0.2, 0.25) is 5.02 Å². The Morgan fingerprint density at radius 1 is 1.21 bits per heavy atom. The Balaban J connectivity index is 1.69. The molecule has 0 amide bonds. The minimum atomic E-state index is 0.687. The van der Waals surface area contributed by atoms with Crippen LogP contribution in [0.15, 0.2) is 18.2 Å². The summed E-state index contributed by atoms with van der Waals surface area (Å²) in [5.74, 6) is 0.898. The molecule has 3 heteroatoms. The molecule has 0 unspecified atom stereocenters. The zero-order chi connectivity index (χ0) is 13.5. The molecule has 2 rings (SSSR count). The maximum absolute atomic E-state index is 5.97. The van der Waals surface area contributed by atoms with Crippen LogP contribution in [0.4, 0.5) is 0 Å². The molecule has 1 N–H and O–H groups in total. The summed E-state index contributed by atoms with van der Waals surface area (Å²) in [6.07, 6.45) is 8.16. The third-order valence-corrected chi connectivity index (χ3v) is 4.03. The number of halogens is 1. The predicted molar refractivity (Wildman–Crippen MR) is 81.2 cm³/mol. The van der Waals surface area contributed by atoms with E-state index in [1.807, 2.05) is 25.1 Å². The summed E-state index contributed by atoms with van der Waals surface area (Å²) in [5.41, 5.74) is 1.14. The maximum atomic E-state index is 5.97. The fraction of sp³-hybridized carbons (Fsp3) is 0.625. The summed E-state index contributed by atoms with van der Waals surface area (Å²) in [7, 11) is 0. The summed E-state index contributed by atoms with van der Waals surface area (Å²) in [5, 5.41) is 4.34. The molecule has 1 aromatic carbocycles. The number of nitrogens with one attached hydrogen (secondary N) is 1. The molecule has 0 spiro atoms. The van der Waals surface area contributed by atoms with E-state index in [4.69, 9.17) is 16.3 Å². The molecule has 1 fully saturated rings. The van der Waals surface area contributed by atoms with E-state index >= 15 is 0 Å². The van der Waals surface area contributed by atoms with Gasteiger partial charge in [-0.05, 0) is 37.5 Å². The Morgan fingerprint density at radius 3 is 2.68 bits per heavy atom. The Bertz CT molecular complexity index is 386. The van der Waals surface area contributed by atoms with Gasteiger partial charge < -0.3 is 10.1 Å². The molecule has 0 saturated heterocycles. The van der Waals surface area contributed by atoms with Crippen LogP contribution >= 0.6 is 11.6 Å². The average Bonchev–Trinajstić information content (AvgIpc) is 2.67. The van der Waals surface area contributed by atoms with Gasteiger partial charge in [0.2, 0.25) is 0 Å². The summed E-state index contributed by atoms with van der Waals surface area (Å²) >= 11 is 5.97. The van der Waals surface area contributed by atoms with Crippen molar-refractivity contribution in [3.8, 4) is 5.75 Å². The average molecular weight is 282 g/mol. The zero-order valence-electron chi connectivity index (χ0n) is 11.8. The van der Waals surface area contributed by atoms with Gasteiger partial charge in [-0.25, -0.2) is 0 Å². The van der Waals surface area contributed by atoms with Crippen LogP contribution in [0.1, 0.15) is 44.1 Å². The minimum absolute atomic E-state index is 0.687. The first-order valence-corrected chi connectivity index (χ1v) is 7.76. The van der Waals surface area contributed by atoms with Crippen LogP contribution in [-0.4, -0.2) is 19.2 Å². The second-order valence-corrected chi connectivity index (χ2v) is 5.84. The molecule has 1 aromatic rings. The zero-order valence-corrected chi connectivity index (χ0v) is 12.5. The lowest BCUT2D eigenvalue weighted by Gasteiger charge is -2.16. The lowest BCUT2D eigenvalue weighted by atomic mass is 10.1. The van der Waals surface area contributed by atoms with E-state index < -0.39 is 0 Å². The molecule has 1 saturated carbocycles. The van der Waals surface area contributed by atoms with Crippen molar-refractivity contribution in [3.63, 3.8) is 0 Å². The van der Waals surface area contributed by atoms with Gasteiger partial charge in [0.25, 0.3) is 0 Å². The third-order valence-electron chi connectivity index (χ3n) is 3.80. The van der Waals surface area contributed by atoms with E-state index in [1.54, 1.807) is 0 Å². The quantitative estimate of drug-likeness (QED) is 0.640. The van der Waals surface area contributed by atoms with E-state index in [0.717, 1.165) is 22.9 Å². The monoisotopic (exact) mass is 281 g/mol. The van der Waals surface area contributed by atoms with E-state index in [1.165, 1.54) is 38.5 Å². The number of benzene rings is 1. The molecule has 0 aromatic heterocycles. The largest absolute Gasteiger partial charge is 0.492 e. The topological polar surface area (TPSA) is 21.3 Å². The summed E-state index contributed by atoms with van der Waals surface area (Å²) < 4.78 is 5.79. The molecule has 0 heterocycles. The molecule has 2 nitrogen and oxygen atoms in total. The SMILES string of the molecule is Cc1ccc(Cl)cc1OCCNC1CCCCCC1. The second-order valence-electron chi connectivity index (χ2n) is 5.40. The van der Waals surface area contributed by atoms with Crippen molar-refractivity contribution in [2.45, 2.75) is 51.5 Å². The number of hydrogen-bond donors (Lipinski definition) is 1. The number of rotatable bonds is 5. The predicted octanol–water partition coefficient (Wildman–Crippen LogP) is 4.34. The Kier molecular flexibility index (Phi) is 5.99. The van der Waals surface area contributed by atoms with Crippen molar-refractivity contribution >= 4 is 11.6 Å². The molecule has 19 heavy (non-hydrogen) atoms. The van der Waals surface area contributed by atoms with Crippen molar-refractivity contribution in [2.24, 2.45) is 0 Å². The van der Waals surface area contributed by atoms with E-state index in [0.29, 0.717) is 12.6 Å². The van der Waals surface area contributed by atoms with Crippen LogP contribution in [0.5, 0.6) is 5.75 Å². The number of ether oxygens (including phenoxy) is 1. The first kappa shape index (κ1) is 14.7. The molecule has 1 aliphatic carbocycles. The number of hydrogen-bond acceptors (Lipinski definition) is 2. The lowest BCUT2D eigenvalue weighted by molar-refractivity contribution is 0.298. The molecular formula is C16H24ClNO. The van der Waals surface area contributed by atoms with Crippen molar-refractivity contribution in [1.82, 2.24) is 5.32 Å². The van der Waals surface area contributed by atoms with E-state index in [2.05, 4.69) is 5.32 Å². The fourth-order valence-electron chi connectivity index (χ4n) is 2.64. The van der Waals surface area contributed by atoms with Gasteiger partial charge in [-0.2, -0.15) is 0 Å². The molecular weight excluding hydrogens is 258 g/mol. The first-order valence-electron chi connectivity index (χ1n) is 7.38. The highest BCUT2D eigenvalue weighted by Crippen LogP contribution is 2.22. The summed E-state index contributed by atoms with van der Waals surface area (Å²) in [4.78, 5) is 0. The maximum Gasteiger partial charge on any atom is 0.123 e. The van der Waals surface area contributed by atoms with Gasteiger partial charge in [-0.3, -0.25) is 0 Å². The molecule has 0 radical (unpaired) electrons. The second kappa shape index (κ2) is 7.76. The Hall–Kier alpha value is -0.730. The van der Waals surface area contributed by atoms with Gasteiger partial charge in [0, 0.05) is 17.6 Å². The normalized spacial score (nSPS) is 17.2. The van der Waals surface area contributed by atoms with Gasteiger partial charge in [0.1, 0.15) is 12.4 Å². The van der Waals surface area contributed by atoms with Gasteiger partial charge in [0.05, 0.1) is 0 Å². The molecule has 0 aliphatic heterocycles. The summed E-state index contributed by atoms with van der Waals surface area (Å²) in [6, 6.07) is 6.47. The van der Waals surface area contributed by atoms with Gasteiger partial charge in [-0.1, -0.05) is 43.4 Å². The first-order chi connectivity index (χ1) is 9.25. The van der Waals surface area contributed by atoms with Crippen LogP contribution in [0, 0.1) is 6.92 Å². The van der Waals surface area contributed by atoms with Crippen LogP contribution in [0.3, 0.4) is 0 Å². The van der Waals surface area contributed by atoms with Gasteiger partial charge in [-0.15, -0.1) is 0 Å². The van der Waals surface area contributed by atoms with Crippen molar-refractivity contribution in [2.75, 3.05) is 13.2 Å². The standard InChI is InChI=1S/C16H24ClNO/c1-13-8-9-14(17)12-16(13)19-11-10-18-15-6-4-2-3-5-7-15/h8-9,12,15,18H,2-7,10-11H2,1H3. The highest BCUT2D eigenvalue weighted by atomic mass is 35.5. The Morgan fingerprint density at radius 2 is 1.95 bits per heavy atom. The summed E-state index contributed by atoms with van der Waals surface area (Å²) in [6.45, 7) is 3.67. The smallest absolute Gasteiger partial charge is 0.123 e. The van der Waals surface area contributed by atoms with Crippen molar-refractivity contribution in [1.29, 1.82) is 0 Å². The van der Waals surface area contributed by atoms with Gasteiger partial charge in [0.15, 0.2) is 0 Å². The minimum Gasteiger partial charge on any atom is -0.492 e. The fourth-order valence-corrected chi connectivity index (χ4v) is 2.80. The Labute approximate surface area is 121 Å².